The van der Waals surface area contributed by atoms with Gasteiger partial charge in [-0.1, -0.05) is 0 Å². The van der Waals surface area contributed by atoms with E-state index in [-0.39, 0.29) is 18.1 Å². The van der Waals surface area contributed by atoms with Crippen LogP contribution in [0, 0.1) is 5.92 Å². The number of carbonyl (C=O) groups excluding carboxylic acids is 2. The maximum Gasteiger partial charge on any atom is 0.410 e. The van der Waals surface area contributed by atoms with E-state index >= 15 is 0 Å². The van der Waals surface area contributed by atoms with Crippen molar-refractivity contribution in [1.29, 1.82) is 0 Å². The van der Waals surface area contributed by atoms with Crippen LogP contribution in [0.1, 0.15) is 48.0 Å². The van der Waals surface area contributed by atoms with Gasteiger partial charge in [0.1, 0.15) is 11.2 Å². The molecule has 0 spiro atoms. The van der Waals surface area contributed by atoms with Crippen LogP contribution < -0.4 is 5.32 Å². The number of hydrogen-bond acceptors (Lipinski definition) is 5. The number of ether oxygens (including phenoxy) is 3. The third-order valence-corrected chi connectivity index (χ3v) is 3.43. The number of carbonyl (C=O) groups is 2. The van der Waals surface area contributed by atoms with E-state index in [1.54, 1.807) is 18.3 Å². The number of methoxy groups -OCH3 is 1. The average molecular weight is 356 g/mol. The molecule has 7 heteroatoms. The van der Waals surface area contributed by atoms with Crippen LogP contribution in [0.15, 0.2) is 12.3 Å². The van der Waals surface area contributed by atoms with Gasteiger partial charge >= 0.3 is 12.2 Å². The van der Waals surface area contributed by atoms with Gasteiger partial charge in [-0.3, -0.25) is 0 Å². The van der Waals surface area contributed by atoms with Crippen LogP contribution >= 0.6 is 0 Å². The number of likely N-dealkylation sites (tertiary alicyclic amines) is 1. The summed E-state index contributed by atoms with van der Waals surface area (Å²) in [6, 6.07) is -0.125. The van der Waals surface area contributed by atoms with Gasteiger partial charge in [0.05, 0.1) is 19.4 Å². The first kappa shape index (κ1) is 21.1. The molecule has 1 saturated heterocycles. The van der Waals surface area contributed by atoms with Gasteiger partial charge < -0.3 is 24.4 Å². The molecule has 1 rings (SSSR count). The Labute approximate surface area is 150 Å². The summed E-state index contributed by atoms with van der Waals surface area (Å²) >= 11 is 0. The van der Waals surface area contributed by atoms with E-state index in [9.17, 15) is 9.59 Å². The van der Waals surface area contributed by atoms with Crippen LogP contribution in [-0.2, 0) is 14.2 Å². The SMILES string of the molecule is COC=CC1C[C@@H](CNC(=O)OC(C)(C)C)CN1C(=O)OC(C)(C)C. The molecule has 1 aliphatic heterocycles. The highest BCUT2D eigenvalue weighted by molar-refractivity contribution is 5.69. The minimum atomic E-state index is -0.556. The van der Waals surface area contributed by atoms with Crippen molar-refractivity contribution in [2.75, 3.05) is 20.2 Å². The number of hydrogen-bond donors (Lipinski definition) is 1. The molecule has 0 aromatic heterocycles. The van der Waals surface area contributed by atoms with Crippen molar-refractivity contribution in [2.45, 2.75) is 65.2 Å². The largest absolute Gasteiger partial charge is 0.505 e. The molecule has 0 bridgehead atoms. The predicted octanol–water partition coefficient (Wildman–Crippen LogP) is 3.30. The Bertz CT molecular complexity index is 491. The summed E-state index contributed by atoms with van der Waals surface area (Å²) < 4.78 is 15.7. The fraction of sp³-hybridized carbons (Fsp3) is 0.778. The predicted molar refractivity (Wildman–Crippen MR) is 95.2 cm³/mol. The lowest BCUT2D eigenvalue weighted by molar-refractivity contribution is 0.0249. The highest BCUT2D eigenvalue weighted by Gasteiger charge is 2.36. The lowest BCUT2D eigenvalue weighted by Crippen LogP contribution is -2.40. The molecule has 1 fully saturated rings. The van der Waals surface area contributed by atoms with Crippen LogP contribution in [0.3, 0.4) is 0 Å². The van der Waals surface area contributed by atoms with Gasteiger partial charge in [0, 0.05) is 13.1 Å². The second-order valence-corrected chi connectivity index (χ2v) is 8.25. The fourth-order valence-corrected chi connectivity index (χ4v) is 2.53. The zero-order valence-electron chi connectivity index (χ0n) is 16.4. The summed E-state index contributed by atoms with van der Waals surface area (Å²) in [6.07, 6.45) is 3.29. The van der Waals surface area contributed by atoms with E-state index in [4.69, 9.17) is 14.2 Å². The normalized spacial score (nSPS) is 21.3. The molecule has 1 aliphatic rings. The molecule has 1 unspecified atom stereocenters. The summed E-state index contributed by atoms with van der Waals surface area (Å²) in [5.74, 6) is 0.117. The summed E-state index contributed by atoms with van der Waals surface area (Å²) in [5, 5.41) is 2.77. The third kappa shape index (κ3) is 8.14. The molecule has 144 valence electrons. The van der Waals surface area contributed by atoms with Crippen LogP contribution in [0.4, 0.5) is 9.59 Å². The molecule has 2 atom stereocenters. The Morgan fingerprint density at radius 2 is 1.72 bits per heavy atom. The Morgan fingerprint density at radius 3 is 2.24 bits per heavy atom. The van der Waals surface area contributed by atoms with Crippen molar-refractivity contribution < 1.29 is 23.8 Å². The molecule has 0 aromatic rings. The topological polar surface area (TPSA) is 77.1 Å². The molecule has 1 N–H and O–H groups in total. The molecule has 7 nitrogen and oxygen atoms in total. The van der Waals surface area contributed by atoms with Crippen molar-refractivity contribution >= 4 is 12.2 Å². The Morgan fingerprint density at radius 1 is 1.12 bits per heavy atom. The maximum atomic E-state index is 12.4. The standard InChI is InChI=1S/C18H32N2O5/c1-17(2,3)24-15(21)19-11-13-10-14(8-9-23-7)20(12-13)16(22)25-18(4,5)6/h8-9,13-14H,10-12H2,1-7H3,(H,19,21)/t13-,14?/m0/s1. The second kappa shape index (κ2) is 8.45. The zero-order chi connectivity index (χ0) is 19.3. The molecule has 0 aliphatic carbocycles. The van der Waals surface area contributed by atoms with Crippen LogP contribution in [0.25, 0.3) is 0 Å². The second-order valence-electron chi connectivity index (χ2n) is 8.25. The molecular weight excluding hydrogens is 324 g/mol. The minimum absolute atomic E-state index is 0.117. The van der Waals surface area contributed by atoms with Crippen molar-refractivity contribution in [3.63, 3.8) is 0 Å². The van der Waals surface area contributed by atoms with E-state index < -0.39 is 17.3 Å². The number of amides is 2. The van der Waals surface area contributed by atoms with Crippen molar-refractivity contribution in [3.8, 4) is 0 Å². The first-order valence-corrected chi connectivity index (χ1v) is 8.57. The molecule has 0 radical (unpaired) electrons. The van der Waals surface area contributed by atoms with Gasteiger partial charge in [-0.2, -0.15) is 0 Å². The van der Waals surface area contributed by atoms with Gasteiger partial charge in [0.2, 0.25) is 0 Å². The molecule has 0 aromatic carbocycles. The monoisotopic (exact) mass is 356 g/mol. The van der Waals surface area contributed by atoms with E-state index in [0.29, 0.717) is 13.1 Å². The maximum absolute atomic E-state index is 12.4. The summed E-state index contributed by atoms with van der Waals surface area (Å²) in [7, 11) is 1.56. The average Bonchev–Trinajstić information content (AvgIpc) is 2.82. The quantitative estimate of drug-likeness (QED) is 0.782. The molecule has 0 saturated carbocycles. The zero-order valence-corrected chi connectivity index (χ0v) is 16.4. The number of rotatable bonds is 4. The van der Waals surface area contributed by atoms with Crippen LogP contribution in [0.2, 0.25) is 0 Å². The van der Waals surface area contributed by atoms with Crippen molar-refractivity contribution in [1.82, 2.24) is 10.2 Å². The van der Waals surface area contributed by atoms with Gasteiger partial charge in [-0.15, -0.1) is 0 Å². The van der Waals surface area contributed by atoms with E-state index in [1.807, 2.05) is 47.6 Å². The number of nitrogens with one attached hydrogen (secondary N) is 1. The van der Waals surface area contributed by atoms with Crippen LogP contribution in [-0.4, -0.2) is 54.5 Å². The Kier molecular flexibility index (Phi) is 7.14. The fourth-order valence-electron chi connectivity index (χ4n) is 2.53. The Hall–Kier alpha value is -1.92. The highest BCUT2D eigenvalue weighted by atomic mass is 16.6. The molecular formula is C18H32N2O5. The minimum Gasteiger partial charge on any atom is -0.505 e. The number of nitrogens with zero attached hydrogens (tertiary/aromatic N) is 1. The lowest BCUT2D eigenvalue weighted by atomic mass is 10.1. The van der Waals surface area contributed by atoms with E-state index in [0.717, 1.165) is 6.42 Å². The lowest BCUT2D eigenvalue weighted by Gasteiger charge is -2.27. The smallest absolute Gasteiger partial charge is 0.410 e. The third-order valence-electron chi connectivity index (χ3n) is 3.43. The summed E-state index contributed by atoms with van der Waals surface area (Å²) in [6.45, 7) is 11.9. The van der Waals surface area contributed by atoms with Gasteiger partial charge in [-0.05, 0) is 60.0 Å². The van der Waals surface area contributed by atoms with Crippen molar-refractivity contribution in [3.05, 3.63) is 12.3 Å². The molecule has 25 heavy (non-hydrogen) atoms. The van der Waals surface area contributed by atoms with Crippen molar-refractivity contribution in [2.24, 2.45) is 5.92 Å². The summed E-state index contributed by atoms with van der Waals surface area (Å²) in [5.41, 5.74) is -1.09. The van der Waals surface area contributed by atoms with Crippen LogP contribution in [0.5, 0.6) is 0 Å². The first-order chi connectivity index (χ1) is 11.4. The molecule has 1 heterocycles. The highest BCUT2D eigenvalue weighted by Crippen LogP contribution is 2.26. The van der Waals surface area contributed by atoms with E-state index in [2.05, 4.69) is 5.32 Å². The van der Waals surface area contributed by atoms with Gasteiger partial charge in [0.15, 0.2) is 0 Å². The van der Waals surface area contributed by atoms with E-state index in [1.165, 1.54) is 0 Å². The molecule has 2 amide bonds. The Balaban J connectivity index is 2.65. The first-order valence-electron chi connectivity index (χ1n) is 8.57. The van der Waals surface area contributed by atoms with Gasteiger partial charge in [-0.25, -0.2) is 9.59 Å². The number of alkyl carbamates (subject to hydrolysis) is 1. The summed E-state index contributed by atoms with van der Waals surface area (Å²) in [4.78, 5) is 25.9. The van der Waals surface area contributed by atoms with Gasteiger partial charge in [0.25, 0.3) is 0 Å².